The van der Waals surface area contributed by atoms with Gasteiger partial charge in [0, 0.05) is 45.3 Å². The van der Waals surface area contributed by atoms with Gasteiger partial charge in [-0.1, -0.05) is 12.1 Å². The lowest BCUT2D eigenvalue weighted by Crippen LogP contribution is -2.49. The number of nitrogens with zero attached hydrogens (tertiary/aromatic N) is 5. The van der Waals surface area contributed by atoms with Gasteiger partial charge in [-0.05, 0) is 38.3 Å². The number of carbonyl (C=O) groups excluding carboxylic acids is 1. The molecule has 0 atom stereocenters. The first-order valence-electron chi connectivity index (χ1n) is 10.8. The first kappa shape index (κ1) is 22.2. The second kappa shape index (κ2) is 9.22. The van der Waals surface area contributed by atoms with Gasteiger partial charge in [0.15, 0.2) is 0 Å². The Balaban J connectivity index is 1.44. The van der Waals surface area contributed by atoms with E-state index >= 15 is 0 Å². The second-order valence-corrected chi connectivity index (χ2v) is 8.00. The monoisotopic (exact) mass is 449 g/mol. The van der Waals surface area contributed by atoms with Gasteiger partial charge in [0.2, 0.25) is 0 Å². The quantitative estimate of drug-likeness (QED) is 0.711. The van der Waals surface area contributed by atoms with Gasteiger partial charge in [-0.3, -0.25) is 4.79 Å². The van der Waals surface area contributed by atoms with E-state index in [1.165, 1.54) is 24.6 Å². The lowest BCUT2D eigenvalue weighted by Gasteiger charge is -2.36. The van der Waals surface area contributed by atoms with Crippen LogP contribution in [0.25, 0.3) is 0 Å². The Morgan fingerprint density at radius 3 is 2.12 bits per heavy atom. The summed E-state index contributed by atoms with van der Waals surface area (Å²) in [6.45, 7) is 5.65. The third kappa shape index (κ3) is 5.23. The molecule has 0 saturated carbocycles. The number of aryl methyl sites for hydroxylation is 1. The third-order valence-electron chi connectivity index (χ3n) is 5.72. The fraction of sp³-hybridized carbons (Fsp3) is 0.500. The maximum Gasteiger partial charge on any atom is 0.573 e. The average Bonchev–Trinajstić information content (AvgIpc) is 2.78. The maximum absolute atomic E-state index is 12.9. The average molecular weight is 449 g/mol. The molecule has 2 aliphatic rings. The number of benzene rings is 1. The SMILES string of the molecule is Cc1nc(N2CCCCC2)cc(N2CCN(C(=O)c3ccccc3OC(F)(F)F)CC2)n1. The van der Waals surface area contributed by atoms with Crippen molar-refractivity contribution in [3.8, 4) is 5.75 Å². The molecule has 2 saturated heterocycles. The van der Waals surface area contributed by atoms with E-state index in [2.05, 4.69) is 24.5 Å². The first-order valence-corrected chi connectivity index (χ1v) is 10.8. The van der Waals surface area contributed by atoms with Crippen LogP contribution < -0.4 is 14.5 Å². The lowest BCUT2D eigenvalue weighted by atomic mass is 10.1. The molecule has 0 radical (unpaired) electrons. The van der Waals surface area contributed by atoms with Crippen LogP contribution in [0.3, 0.4) is 0 Å². The molecule has 0 bridgehead atoms. The van der Waals surface area contributed by atoms with Crippen molar-refractivity contribution in [3.63, 3.8) is 0 Å². The smallest absolute Gasteiger partial charge is 0.405 e. The zero-order valence-corrected chi connectivity index (χ0v) is 17.9. The summed E-state index contributed by atoms with van der Waals surface area (Å²) in [5, 5.41) is 0. The highest BCUT2D eigenvalue weighted by molar-refractivity contribution is 5.97. The van der Waals surface area contributed by atoms with Gasteiger partial charge in [0.25, 0.3) is 5.91 Å². The van der Waals surface area contributed by atoms with E-state index in [9.17, 15) is 18.0 Å². The number of piperidine rings is 1. The number of rotatable bonds is 4. The molecule has 1 aromatic carbocycles. The van der Waals surface area contributed by atoms with Crippen LogP contribution >= 0.6 is 0 Å². The van der Waals surface area contributed by atoms with Crippen LogP contribution in [0.5, 0.6) is 5.75 Å². The Hall–Kier alpha value is -3.04. The molecule has 0 aliphatic carbocycles. The number of para-hydroxylation sites is 1. The van der Waals surface area contributed by atoms with Crippen LogP contribution in [0, 0.1) is 6.92 Å². The van der Waals surface area contributed by atoms with E-state index in [-0.39, 0.29) is 5.56 Å². The normalized spacial score (nSPS) is 17.4. The minimum atomic E-state index is -4.86. The Kier molecular flexibility index (Phi) is 6.38. The molecular weight excluding hydrogens is 423 g/mol. The number of hydrogen-bond donors (Lipinski definition) is 0. The molecule has 32 heavy (non-hydrogen) atoms. The van der Waals surface area contributed by atoms with E-state index in [1.54, 1.807) is 4.90 Å². The van der Waals surface area contributed by atoms with E-state index in [1.807, 2.05) is 13.0 Å². The Morgan fingerprint density at radius 2 is 1.50 bits per heavy atom. The molecule has 0 unspecified atom stereocenters. The van der Waals surface area contributed by atoms with Crippen LogP contribution in [0.15, 0.2) is 30.3 Å². The lowest BCUT2D eigenvalue weighted by molar-refractivity contribution is -0.274. The van der Waals surface area contributed by atoms with Crippen molar-refractivity contribution in [2.24, 2.45) is 0 Å². The minimum Gasteiger partial charge on any atom is -0.405 e. The summed E-state index contributed by atoms with van der Waals surface area (Å²) in [5.74, 6) is 1.47. The van der Waals surface area contributed by atoms with Gasteiger partial charge in [0.1, 0.15) is 23.2 Å². The van der Waals surface area contributed by atoms with E-state index in [0.717, 1.165) is 43.6 Å². The van der Waals surface area contributed by atoms with Gasteiger partial charge >= 0.3 is 6.36 Å². The summed E-state index contributed by atoms with van der Waals surface area (Å²) in [6.07, 6.45) is -1.32. The molecule has 7 nitrogen and oxygen atoms in total. The van der Waals surface area contributed by atoms with Crippen molar-refractivity contribution in [2.45, 2.75) is 32.5 Å². The highest BCUT2D eigenvalue weighted by Gasteiger charge is 2.34. The predicted octanol–water partition coefficient (Wildman–Crippen LogP) is 3.64. The van der Waals surface area contributed by atoms with Crippen molar-refractivity contribution in [3.05, 3.63) is 41.7 Å². The minimum absolute atomic E-state index is 0.0939. The summed E-state index contributed by atoms with van der Waals surface area (Å²) in [5.41, 5.74) is -0.0939. The molecule has 2 aromatic rings. The van der Waals surface area contributed by atoms with Gasteiger partial charge in [0.05, 0.1) is 5.56 Å². The van der Waals surface area contributed by atoms with Crippen molar-refractivity contribution >= 4 is 17.5 Å². The summed E-state index contributed by atoms with van der Waals surface area (Å²) >= 11 is 0. The third-order valence-corrected chi connectivity index (χ3v) is 5.72. The molecular formula is C22H26F3N5O2. The standard InChI is InChI=1S/C22H26F3N5O2/c1-16-26-19(28-9-5-2-6-10-28)15-20(27-16)29-11-13-30(14-12-29)21(31)17-7-3-4-8-18(17)32-22(23,24)25/h3-4,7-8,15H,2,5-6,9-14H2,1H3. The van der Waals surface area contributed by atoms with E-state index < -0.39 is 18.0 Å². The fourth-order valence-corrected chi connectivity index (χ4v) is 4.15. The molecule has 172 valence electrons. The number of aromatic nitrogens is 2. The topological polar surface area (TPSA) is 61.8 Å². The molecule has 3 heterocycles. The summed E-state index contributed by atoms with van der Waals surface area (Å²) < 4.78 is 42.1. The number of halogens is 3. The van der Waals surface area contributed by atoms with Crippen LogP contribution in [-0.4, -0.2) is 66.4 Å². The Bertz CT molecular complexity index is 955. The molecule has 1 amide bonds. The van der Waals surface area contributed by atoms with Crippen molar-refractivity contribution < 1.29 is 22.7 Å². The van der Waals surface area contributed by atoms with E-state index in [0.29, 0.717) is 32.0 Å². The zero-order chi connectivity index (χ0) is 22.7. The number of ether oxygens (including phenoxy) is 1. The second-order valence-electron chi connectivity index (χ2n) is 8.00. The van der Waals surface area contributed by atoms with Gasteiger partial charge < -0.3 is 19.4 Å². The molecule has 2 fully saturated rings. The summed E-state index contributed by atoms with van der Waals surface area (Å²) in [4.78, 5) is 28.0. The molecule has 1 aromatic heterocycles. The molecule has 0 spiro atoms. The van der Waals surface area contributed by atoms with Crippen molar-refractivity contribution in [2.75, 3.05) is 49.1 Å². The number of carbonyl (C=O) groups is 1. The van der Waals surface area contributed by atoms with Crippen molar-refractivity contribution in [1.29, 1.82) is 0 Å². The largest absolute Gasteiger partial charge is 0.573 e. The Morgan fingerprint density at radius 1 is 0.906 bits per heavy atom. The number of hydrogen-bond acceptors (Lipinski definition) is 6. The number of piperazine rings is 1. The predicted molar refractivity (Wildman–Crippen MR) is 114 cm³/mol. The molecule has 0 N–H and O–H groups in total. The maximum atomic E-state index is 12.9. The Labute approximate surface area is 184 Å². The van der Waals surface area contributed by atoms with Crippen LogP contribution in [0.2, 0.25) is 0 Å². The molecule has 10 heteroatoms. The summed E-state index contributed by atoms with van der Waals surface area (Å²) in [7, 11) is 0. The van der Waals surface area contributed by atoms with Crippen LogP contribution in [0.4, 0.5) is 24.8 Å². The van der Waals surface area contributed by atoms with E-state index in [4.69, 9.17) is 0 Å². The van der Waals surface area contributed by atoms with Gasteiger partial charge in [-0.25, -0.2) is 9.97 Å². The highest BCUT2D eigenvalue weighted by Crippen LogP contribution is 2.28. The van der Waals surface area contributed by atoms with Crippen LogP contribution in [-0.2, 0) is 0 Å². The fourth-order valence-electron chi connectivity index (χ4n) is 4.15. The molecule has 4 rings (SSSR count). The van der Waals surface area contributed by atoms with Gasteiger partial charge in [-0.15, -0.1) is 13.2 Å². The number of amides is 1. The zero-order valence-electron chi connectivity index (χ0n) is 17.9. The van der Waals surface area contributed by atoms with Crippen LogP contribution in [0.1, 0.15) is 35.4 Å². The highest BCUT2D eigenvalue weighted by atomic mass is 19.4. The van der Waals surface area contributed by atoms with Gasteiger partial charge in [-0.2, -0.15) is 0 Å². The summed E-state index contributed by atoms with van der Waals surface area (Å²) in [6, 6.07) is 7.44. The molecule has 2 aliphatic heterocycles. The number of alkyl halides is 3. The van der Waals surface area contributed by atoms with Crippen molar-refractivity contribution in [1.82, 2.24) is 14.9 Å². The number of anilines is 2. The first-order chi connectivity index (χ1) is 15.3.